The van der Waals surface area contributed by atoms with Crippen LogP contribution in [0.5, 0.6) is 11.5 Å². The van der Waals surface area contributed by atoms with Crippen molar-refractivity contribution in [2.24, 2.45) is 5.73 Å². The number of nitrogens with one attached hydrogen (secondary N) is 1. The zero-order valence-electron chi connectivity index (χ0n) is 24.2. The van der Waals surface area contributed by atoms with Gasteiger partial charge in [-0.1, -0.05) is 24.3 Å². The molecule has 3 aromatic carbocycles. The van der Waals surface area contributed by atoms with Gasteiger partial charge in [-0.25, -0.2) is 4.39 Å². The van der Waals surface area contributed by atoms with Gasteiger partial charge in [0.25, 0.3) is 5.91 Å². The van der Waals surface area contributed by atoms with Crippen LogP contribution in [0.2, 0.25) is 0 Å². The van der Waals surface area contributed by atoms with E-state index in [2.05, 4.69) is 35.5 Å². The molecular weight excluding hydrogens is 545 g/mol. The summed E-state index contributed by atoms with van der Waals surface area (Å²) in [6.45, 7) is 2.60. The summed E-state index contributed by atoms with van der Waals surface area (Å²) in [6, 6.07) is 14.0. The van der Waals surface area contributed by atoms with E-state index in [4.69, 9.17) is 10.5 Å². The van der Waals surface area contributed by atoms with Crippen molar-refractivity contribution < 1.29 is 13.9 Å². The molecule has 0 bridgehead atoms. The van der Waals surface area contributed by atoms with Gasteiger partial charge in [0, 0.05) is 37.9 Å². The van der Waals surface area contributed by atoms with Gasteiger partial charge in [-0.15, -0.1) is 0 Å². The molecule has 1 amide bonds. The first-order chi connectivity index (χ1) is 20.9. The molecule has 2 saturated heterocycles. The number of fused-ring (bicyclic) bond motifs is 5. The number of carbonyl (C=O) groups excluding carboxylic acids is 1. The van der Waals surface area contributed by atoms with Crippen LogP contribution in [-0.4, -0.2) is 60.7 Å². The molecule has 1 aromatic heterocycles. The fraction of sp³-hybridized carbons (Fsp3) is 0.353. The number of benzene rings is 3. The molecule has 43 heavy (non-hydrogen) atoms. The van der Waals surface area contributed by atoms with Crippen LogP contribution in [0.25, 0.3) is 27.7 Å². The van der Waals surface area contributed by atoms with Crippen molar-refractivity contribution in [2.45, 2.75) is 44.2 Å². The van der Waals surface area contributed by atoms with E-state index in [1.54, 1.807) is 6.20 Å². The maximum atomic E-state index is 16.0. The number of carbonyl (C=O) groups is 1. The number of likely N-dealkylation sites (tertiary alicyclic amines) is 1. The number of hydrogen-bond acceptors (Lipinski definition) is 6. The number of pyridine rings is 1. The van der Waals surface area contributed by atoms with Crippen molar-refractivity contribution >= 4 is 22.5 Å². The SMILES string of the molecule is CN1CCCC1CCNC(=O)c1cn2c3c(c(N4CCC(N)C4)c(F)cc3c1=O)Oc1cc3c(cc1-2)Cc1ccccc1-3. The Kier molecular flexibility index (Phi) is 6.10. The van der Waals surface area contributed by atoms with Crippen LogP contribution in [0, 0.1) is 5.82 Å². The lowest BCUT2D eigenvalue weighted by molar-refractivity contribution is 0.0949. The summed E-state index contributed by atoms with van der Waals surface area (Å²) in [7, 11) is 2.10. The third-order valence-electron chi connectivity index (χ3n) is 9.74. The molecule has 2 atom stereocenters. The molecule has 4 aromatic rings. The highest BCUT2D eigenvalue weighted by molar-refractivity contribution is 6.01. The molecule has 2 fully saturated rings. The van der Waals surface area contributed by atoms with E-state index in [-0.39, 0.29) is 22.7 Å². The Labute approximate surface area is 248 Å². The van der Waals surface area contributed by atoms with Crippen LogP contribution >= 0.6 is 0 Å². The van der Waals surface area contributed by atoms with Crippen molar-refractivity contribution in [1.82, 2.24) is 14.8 Å². The molecule has 220 valence electrons. The van der Waals surface area contributed by atoms with Crippen LogP contribution in [0.4, 0.5) is 10.1 Å². The smallest absolute Gasteiger partial charge is 0.256 e. The highest BCUT2D eigenvalue weighted by Crippen LogP contribution is 2.50. The lowest BCUT2D eigenvalue weighted by Crippen LogP contribution is -2.34. The Bertz CT molecular complexity index is 1880. The standard InChI is InChI=1S/C34H34FN5O3/c1-38-11-4-6-22(38)8-10-37-34(42)26-18-40-28-14-20-13-19-5-2-3-7-23(19)24(20)16-29(28)43-33-30(40)25(32(26)41)15-27(35)31(33)39-12-9-21(36)17-39/h2-3,5,7,14-16,18,21-22H,4,6,8-13,17,36H2,1H3,(H,37,42). The molecule has 1 aliphatic carbocycles. The summed E-state index contributed by atoms with van der Waals surface area (Å²) in [5.41, 5.74) is 11.8. The molecule has 8 rings (SSSR count). The average molecular weight is 580 g/mol. The Morgan fingerprint density at radius 1 is 1.12 bits per heavy atom. The second-order valence-corrected chi connectivity index (χ2v) is 12.4. The van der Waals surface area contributed by atoms with Gasteiger partial charge in [0.15, 0.2) is 17.3 Å². The highest BCUT2D eigenvalue weighted by atomic mass is 19.1. The van der Waals surface area contributed by atoms with Gasteiger partial charge in [-0.2, -0.15) is 0 Å². The van der Waals surface area contributed by atoms with Crippen molar-refractivity contribution in [3.8, 4) is 28.3 Å². The number of ether oxygens (including phenoxy) is 1. The second kappa shape index (κ2) is 9.92. The van der Waals surface area contributed by atoms with Crippen molar-refractivity contribution in [1.29, 1.82) is 0 Å². The molecule has 0 saturated carbocycles. The van der Waals surface area contributed by atoms with Crippen LogP contribution in [0.3, 0.4) is 0 Å². The molecule has 8 nitrogen and oxygen atoms in total. The summed E-state index contributed by atoms with van der Waals surface area (Å²) >= 11 is 0. The van der Waals surface area contributed by atoms with E-state index in [1.807, 2.05) is 27.7 Å². The normalized spacial score (nSPS) is 20.2. The van der Waals surface area contributed by atoms with Crippen LogP contribution in [-0.2, 0) is 6.42 Å². The largest absolute Gasteiger partial charge is 0.451 e. The molecule has 2 unspecified atom stereocenters. The summed E-state index contributed by atoms with van der Waals surface area (Å²) in [6.07, 6.45) is 6.19. The minimum atomic E-state index is -0.558. The first-order valence-electron chi connectivity index (χ1n) is 15.2. The molecule has 3 aliphatic heterocycles. The number of hydrogen-bond donors (Lipinski definition) is 2. The van der Waals surface area contributed by atoms with E-state index in [0.29, 0.717) is 42.6 Å². The molecule has 4 aliphatic rings. The summed E-state index contributed by atoms with van der Waals surface area (Å²) < 4.78 is 24.4. The van der Waals surface area contributed by atoms with Crippen LogP contribution in [0.15, 0.2) is 53.5 Å². The Balaban J connectivity index is 1.27. The molecular formula is C34H34FN5O3. The Morgan fingerprint density at radius 2 is 1.98 bits per heavy atom. The van der Waals surface area contributed by atoms with Crippen LogP contribution in [0.1, 0.15) is 47.2 Å². The van der Waals surface area contributed by atoms with Gasteiger partial charge in [0.1, 0.15) is 16.8 Å². The number of nitrogens with zero attached hydrogens (tertiary/aromatic N) is 3. The Morgan fingerprint density at radius 3 is 2.77 bits per heavy atom. The van der Waals surface area contributed by atoms with E-state index >= 15 is 4.39 Å². The van der Waals surface area contributed by atoms with Gasteiger partial charge in [0.05, 0.1) is 11.1 Å². The third-order valence-corrected chi connectivity index (χ3v) is 9.74. The zero-order chi connectivity index (χ0) is 29.4. The van der Waals surface area contributed by atoms with Gasteiger partial charge in [-0.05, 0) is 86.1 Å². The number of rotatable bonds is 5. The minimum Gasteiger partial charge on any atom is -0.451 e. The monoisotopic (exact) mass is 579 g/mol. The number of anilines is 1. The Hall–Kier alpha value is -4.21. The maximum Gasteiger partial charge on any atom is 0.256 e. The third kappa shape index (κ3) is 4.17. The van der Waals surface area contributed by atoms with Crippen molar-refractivity contribution in [3.05, 3.63) is 81.4 Å². The average Bonchev–Trinajstić information content (AvgIpc) is 3.71. The van der Waals surface area contributed by atoms with E-state index in [0.717, 1.165) is 61.0 Å². The summed E-state index contributed by atoms with van der Waals surface area (Å²) in [5, 5.41) is 3.09. The first kappa shape index (κ1) is 26.4. The number of amides is 1. The second-order valence-electron chi connectivity index (χ2n) is 12.4. The van der Waals surface area contributed by atoms with E-state index in [1.165, 1.54) is 11.6 Å². The number of halogens is 1. The van der Waals surface area contributed by atoms with Crippen molar-refractivity contribution in [3.63, 3.8) is 0 Å². The molecule has 3 N–H and O–H groups in total. The van der Waals surface area contributed by atoms with Gasteiger partial charge < -0.3 is 30.2 Å². The fourth-order valence-electron chi connectivity index (χ4n) is 7.47. The predicted octanol–water partition coefficient (Wildman–Crippen LogP) is 4.56. The zero-order valence-corrected chi connectivity index (χ0v) is 24.2. The predicted molar refractivity (Wildman–Crippen MR) is 165 cm³/mol. The van der Waals surface area contributed by atoms with E-state index < -0.39 is 17.2 Å². The van der Waals surface area contributed by atoms with Crippen LogP contribution < -0.4 is 26.1 Å². The van der Waals surface area contributed by atoms with Gasteiger partial charge >= 0.3 is 0 Å². The minimum absolute atomic E-state index is 0.00907. The van der Waals surface area contributed by atoms with Gasteiger partial charge in [-0.3, -0.25) is 9.59 Å². The van der Waals surface area contributed by atoms with Gasteiger partial charge in [0.2, 0.25) is 5.43 Å². The van der Waals surface area contributed by atoms with Crippen molar-refractivity contribution in [2.75, 3.05) is 38.1 Å². The molecule has 0 radical (unpaired) electrons. The number of nitrogens with two attached hydrogens (primary N) is 1. The maximum absolute atomic E-state index is 16.0. The topological polar surface area (TPSA) is 92.8 Å². The molecule has 0 spiro atoms. The lowest BCUT2D eigenvalue weighted by Gasteiger charge is -2.29. The fourth-order valence-corrected chi connectivity index (χ4v) is 7.47. The van der Waals surface area contributed by atoms with E-state index in [9.17, 15) is 9.59 Å². The summed E-state index contributed by atoms with van der Waals surface area (Å²) in [4.78, 5) is 31.5. The highest BCUT2D eigenvalue weighted by Gasteiger charge is 2.34. The molecule has 4 heterocycles. The number of aromatic nitrogens is 1. The summed E-state index contributed by atoms with van der Waals surface area (Å²) in [5.74, 6) is -0.165. The lowest BCUT2D eigenvalue weighted by atomic mass is 10.0. The quantitative estimate of drug-likeness (QED) is 0.311. The molecule has 9 heteroatoms. The first-order valence-corrected chi connectivity index (χ1v) is 15.2.